The van der Waals surface area contributed by atoms with Gasteiger partial charge in [-0.15, -0.1) is 0 Å². The molecule has 0 amide bonds. The Morgan fingerprint density at radius 3 is 2.81 bits per heavy atom. The molecule has 3 saturated carbocycles. The molecular formula is C21H27FO3S. The second kappa shape index (κ2) is 4.96. The number of halogens is 1. The lowest BCUT2D eigenvalue weighted by molar-refractivity contribution is -0.168. The molecule has 1 unspecified atom stereocenters. The van der Waals surface area contributed by atoms with Crippen molar-refractivity contribution in [1.82, 2.24) is 0 Å². The lowest BCUT2D eigenvalue weighted by Gasteiger charge is -2.59. The van der Waals surface area contributed by atoms with Gasteiger partial charge in [0.2, 0.25) is 0 Å². The van der Waals surface area contributed by atoms with E-state index in [-0.39, 0.29) is 17.6 Å². The van der Waals surface area contributed by atoms with E-state index in [1.165, 1.54) is 6.08 Å². The molecule has 4 aliphatic carbocycles. The highest BCUT2D eigenvalue weighted by molar-refractivity contribution is 7.86. The van der Waals surface area contributed by atoms with Crippen molar-refractivity contribution >= 4 is 16.6 Å². The normalized spacial score (nSPS) is 55.3. The lowest BCUT2D eigenvalue weighted by atomic mass is 9.48. The Hall–Kier alpha value is -0.810. The van der Waals surface area contributed by atoms with E-state index in [4.69, 9.17) is 4.74 Å². The molecular weight excluding hydrogens is 351 g/mol. The molecule has 2 bridgehead atoms. The van der Waals surface area contributed by atoms with Crippen molar-refractivity contribution in [3.63, 3.8) is 0 Å². The fourth-order valence-corrected chi connectivity index (χ4v) is 9.45. The maximum Gasteiger partial charge on any atom is 0.178 e. The summed E-state index contributed by atoms with van der Waals surface area (Å²) in [5.74, 6) is 0.505. The van der Waals surface area contributed by atoms with Gasteiger partial charge in [0.25, 0.3) is 0 Å². The Kier molecular flexibility index (Phi) is 3.30. The van der Waals surface area contributed by atoms with Crippen molar-refractivity contribution in [2.45, 2.75) is 75.0 Å². The van der Waals surface area contributed by atoms with E-state index in [9.17, 15) is 9.00 Å². The van der Waals surface area contributed by atoms with E-state index in [2.05, 4.69) is 6.92 Å². The van der Waals surface area contributed by atoms with Crippen molar-refractivity contribution in [3.8, 4) is 0 Å². The second-order valence-electron chi connectivity index (χ2n) is 9.23. The number of hydrogen-bond acceptors (Lipinski definition) is 3. The van der Waals surface area contributed by atoms with E-state index in [1.807, 2.05) is 13.8 Å². The van der Waals surface area contributed by atoms with Crippen molar-refractivity contribution in [2.75, 3.05) is 5.75 Å². The van der Waals surface area contributed by atoms with Gasteiger partial charge in [-0.05, 0) is 64.0 Å². The summed E-state index contributed by atoms with van der Waals surface area (Å²) in [6.45, 7) is 5.98. The molecule has 3 nitrogen and oxygen atoms in total. The molecule has 8 atom stereocenters. The molecule has 5 aliphatic rings. The van der Waals surface area contributed by atoms with Crippen molar-refractivity contribution in [3.05, 3.63) is 23.8 Å². The standard InChI is InChI=1S/C21H27FO3S/c1-4-26(24)20-12-17-21(22)16(15(20)8-10-19(20,3)25-17)6-5-13-11-14(23)7-9-18(13,21)2/h7,9,11,15-17H,4-6,8,10,12H2,1-3H3/t15-,16-,17-,18-,19-,20-,21-,26?/m0/s1. The van der Waals surface area contributed by atoms with Crippen LogP contribution in [0.3, 0.4) is 0 Å². The number of carbonyl (C=O) groups is 1. The van der Waals surface area contributed by atoms with Gasteiger partial charge in [-0.1, -0.05) is 18.6 Å². The Morgan fingerprint density at radius 2 is 2.08 bits per heavy atom. The number of alkyl halides is 1. The van der Waals surface area contributed by atoms with Gasteiger partial charge in [-0.3, -0.25) is 9.00 Å². The summed E-state index contributed by atoms with van der Waals surface area (Å²) in [6, 6.07) is 0. The van der Waals surface area contributed by atoms with Crippen LogP contribution in [0.25, 0.3) is 0 Å². The third-order valence-electron chi connectivity index (χ3n) is 8.57. The second-order valence-corrected chi connectivity index (χ2v) is 11.2. The van der Waals surface area contributed by atoms with Crippen LogP contribution in [0.1, 0.15) is 52.9 Å². The lowest BCUT2D eigenvalue weighted by Crippen LogP contribution is -2.66. The first-order chi connectivity index (χ1) is 12.2. The molecule has 0 aromatic heterocycles. The highest BCUT2D eigenvalue weighted by Gasteiger charge is 2.80. The van der Waals surface area contributed by atoms with Crippen molar-refractivity contribution in [1.29, 1.82) is 0 Å². The number of ether oxygens (including phenoxy) is 1. The van der Waals surface area contributed by atoms with Crippen LogP contribution in [-0.2, 0) is 20.3 Å². The highest BCUT2D eigenvalue weighted by atomic mass is 32.2. The minimum Gasteiger partial charge on any atom is -0.367 e. The summed E-state index contributed by atoms with van der Waals surface area (Å²) >= 11 is 0. The summed E-state index contributed by atoms with van der Waals surface area (Å²) in [6.07, 6.45) is 8.19. The van der Waals surface area contributed by atoms with Crippen molar-refractivity contribution in [2.24, 2.45) is 17.3 Å². The van der Waals surface area contributed by atoms with Gasteiger partial charge in [0.15, 0.2) is 11.5 Å². The average molecular weight is 379 g/mol. The molecule has 142 valence electrons. The molecule has 0 aromatic rings. The number of fused-ring (bicyclic) bond motifs is 6. The summed E-state index contributed by atoms with van der Waals surface area (Å²) in [7, 11) is -1.01. The zero-order chi connectivity index (χ0) is 18.5. The molecule has 0 aromatic carbocycles. The number of carbonyl (C=O) groups excluding carboxylic acids is 1. The van der Waals surface area contributed by atoms with Crippen LogP contribution in [0, 0.1) is 17.3 Å². The Morgan fingerprint density at radius 1 is 1.31 bits per heavy atom. The van der Waals surface area contributed by atoms with Gasteiger partial charge in [-0.25, -0.2) is 4.39 Å². The van der Waals surface area contributed by atoms with Crippen LogP contribution in [-0.4, -0.2) is 37.9 Å². The molecule has 26 heavy (non-hydrogen) atoms. The maximum atomic E-state index is 17.1. The van der Waals surface area contributed by atoms with E-state index in [0.29, 0.717) is 12.2 Å². The SMILES string of the molecule is CCS(=O)[C@]12C[C@@H]3O[C@@]1(C)CC[C@H]2[C@@H]1CCC2=CC(=O)C=C[C@]2(C)[C@@]31F. The van der Waals surface area contributed by atoms with Gasteiger partial charge in [-0.2, -0.15) is 0 Å². The molecule has 0 N–H and O–H groups in total. The van der Waals surface area contributed by atoms with Crippen LogP contribution < -0.4 is 0 Å². The van der Waals surface area contributed by atoms with Crippen LogP contribution in [0.4, 0.5) is 4.39 Å². The van der Waals surface area contributed by atoms with Crippen LogP contribution in [0.5, 0.6) is 0 Å². The topological polar surface area (TPSA) is 43.4 Å². The summed E-state index contributed by atoms with van der Waals surface area (Å²) < 4.78 is 36.4. The third-order valence-corrected chi connectivity index (χ3v) is 10.8. The Labute approximate surface area is 156 Å². The quantitative estimate of drug-likeness (QED) is 0.737. The fourth-order valence-electron chi connectivity index (χ4n) is 7.35. The van der Waals surface area contributed by atoms with Gasteiger partial charge < -0.3 is 4.74 Å². The molecule has 0 radical (unpaired) electrons. The zero-order valence-electron chi connectivity index (χ0n) is 15.7. The first kappa shape index (κ1) is 17.3. The van der Waals surface area contributed by atoms with E-state index < -0.39 is 38.3 Å². The predicted octanol–water partition coefficient (Wildman–Crippen LogP) is 3.65. The summed E-state index contributed by atoms with van der Waals surface area (Å²) in [5.41, 5.74) is -1.91. The van der Waals surface area contributed by atoms with Gasteiger partial charge in [0, 0.05) is 27.9 Å². The smallest absolute Gasteiger partial charge is 0.178 e. The Bertz CT molecular complexity index is 790. The highest BCUT2D eigenvalue weighted by Crippen LogP contribution is 2.73. The monoisotopic (exact) mass is 378 g/mol. The predicted molar refractivity (Wildman–Crippen MR) is 98.9 cm³/mol. The Balaban J connectivity index is 1.69. The first-order valence-corrected chi connectivity index (χ1v) is 11.2. The van der Waals surface area contributed by atoms with E-state index in [1.54, 1.807) is 12.2 Å². The van der Waals surface area contributed by atoms with E-state index >= 15 is 4.39 Å². The molecule has 5 rings (SSSR count). The fraction of sp³-hybridized carbons (Fsp3) is 0.762. The number of allylic oxidation sites excluding steroid dienone is 4. The van der Waals surface area contributed by atoms with E-state index in [0.717, 1.165) is 31.3 Å². The largest absolute Gasteiger partial charge is 0.367 e. The minimum absolute atomic E-state index is 0.0439. The molecule has 4 fully saturated rings. The van der Waals surface area contributed by atoms with Crippen LogP contribution in [0.15, 0.2) is 23.8 Å². The average Bonchev–Trinajstić information content (AvgIpc) is 3.04. The number of ketones is 1. The zero-order valence-corrected chi connectivity index (χ0v) is 16.5. The van der Waals surface area contributed by atoms with Gasteiger partial charge in [0.05, 0.1) is 16.5 Å². The molecule has 1 saturated heterocycles. The minimum atomic E-state index is -1.53. The third kappa shape index (κ3) is 1.61. The van der Waals surface area contributed by atoms with Crippen molar-refractivity contribution < 1.29 is 18.1 Å². The molecule has 0 spiro atoms. The number of rotatable bonds is 2. The van der Waals surface area contributed by atoms with Gasteiger partial charge >= 0.3 is 0 Å². The molecule has 1 heterocycles. The molecule has 1 aliphatic heterocycles. The van der Waals surface area contributed by atoms with Crippen LogP contribution in [0.2, 0.25) is 0 Å². The van der Waals surface area contributed by atoms with Gasteiger partial charge in [0.1, 0.15) is 0 Å². The summed E-state index contributed by atoms with van der Waals surface area (Å²) in [4.78, 5) is 11.9. The molecule has 5 heteroatoms. The first-order valence-electron chi connectivity index (χ1n) is 9.92. The maximum absolute atomic E-state index is 17.1. The summed E-state index contributed by atoms with van der Waals surface area (Å²) in [5, 5.41) is 0. The van der Waals surface area contributed by atoms with Crippen LogP contribution >= 0.6 is 0 Å². The number of hydrogen-bond donors (Lipinski definition) is 0.